The molecule has 2 rings (SSSR count). The van der Waals surface area contributed by atoms with Crippen LogP contribution in [0.15, 0.2) is 24.3 Å². The van der Waals surface area contributed by atoms with Gasteiger partial charge in [0.05, 0.1) is 12.0 Å². The van der Waals surface area contributed by atoms with E-state index in [1.165, 1.54) is 12.1 Å². The molecule has 0 bridgehead atoms. The lowest BCUT2D eigenvalue weighted by Gasteiger charge is -2.34. The van der Waals surface area contributed by atoms with Crippen LogP contribution in [-0.4, -0.2) is 23.2 Å². The SMILES string of the molecule is CC1CCC(O)(CNC(=O)Cc2ccc(F)cc2)CC1. The second kappa shape index (κ2) is 6.35. The number of halogens is 1. The van der Waals surface area contributed by atoms with Crippen molar-refractivity contribution in [2.45, 2.75) is 44.6 Å². The Morgan fingerprint density at radius 1 is 1.35 bits per heavy atom. The summed E-state index contributed by atoms with van der Waals surface area (Å²) in [6.07, 6.45) is 3.71. The van der Waals surface area contributed by atoms with E-state index in [1.54, 1.807) is 12.1 Å². The Bertz CT molecular complexity index is 450. The highest BCUT2D eigenvalue weighted by atomic mass is 19.1. The van der Waals surface area contributed by atoms with Crippen LogP contribution in [0.5, 0.6) is 0 Å². The van der Waals surface area contributed by atoms with Crippen molar-refractivity contribution in [2.75, 3.05) is 6.54 Å². The van der Waals surface area contributed by atoms with Crippen LogP contribution < -0.4 is 5.32 Å². The summed E-state index contributed by atoms with van der Waals surface area (Å²) in [6, 6.07) is 5.90. The van der Waals surface area contributed by atoms with Gasteiger partial charge in [0.1, 0.15) is 5.82 Å². The number of carbonyl (C=O) groups excluding carboxylic acids is 1. The van der Waals surface area contributed by atoms with Gasteiger partial charge in [-0.25, -0.2) is 4.39 Å². The third-order valence-electron chi connectivity index (χ3n) is 4.10. The van der Waals surface area contributed by atoms with E-state index in [4.69, 9.17) is 0 Å². The number of hydrogen-bond acceptors (Lipinski definition) is 2. The number of carbonyl (C=O) groups is 1. The third kappa shape index (κ3) is 4.30. The van der Waals surface area contributed by atoms with Gasteiger partial charge in [0, 0.05) is 6.54 Å². The lowest BCUT2D eigenvalue weighted by molar-refractivity contribution is -0.122. The van der Waals surface area contributed by atoms with Crippen LogP contribution in [0.2, 0.25) is 0 Å². The number of rotatable bonds is 4. The second-order valence-electron chi connectivity index (χ2n) is 5.99. The van der Waals surface area contributed by atoms with Crippen molar-refractivity contribution >= 4 is 5.91 Å². The van der Waals surface area contributed by atoms with Gasteiger partial charge < -0.3 is 10.4 Å². The molecule has 1 fully saturated rings. The summed E-state index contributed by atoms with van der Waals surface area (Å²) in [6.45, 7) is 2.49. The number of hydrogen-bond donors (Lipinski definition) is 2. The minimum absolute atomic E-state index is 0.136. The van der Waals surface area contributed by atoms with Crippen LogP contribution in [0.4, 0.5) is 4.39 Å². The first-order valence-electron chi connectivity index (χ1n) is 7.20. The predicted molar refractivity (Wildman–Crippen MR) is 75.7 cm³/mol. The standard InChI is InChI=1S/C16H22FNO2/c1-12-6-8-16(20,9-7-12)11-18-15(19)10-13-2-4-14(17)5-3-13/h2-5,12,20H,6-11H2,1H3,(H,18,19). The molecule has 20 heavy (non-hydrogen) atoms. The normalized spacial score (nSPS) is 26.2. The van der Waals surface area contributed by atoms with Crippen LogP contribution in [0.3, 0.4) is 0 Å². The highest BCUT2D eigenvalue weighted by Gasteiger charge is 2.31. The molecule has 1 saturated carbocycles. The molecule has 1 aliphatic rings. The van der Waals surface area contributed by atoms with Crippen LogP contribution in [0, 0.1) is 11.7 Å². The van der Waals surface area contributed by atoms with E-state index in [-0.39, 0.29) is 18.1 Å². The average molecular weight is 279 g/mol. The van der Waals surface area contributed by atoms with E-state index in [9.17, 15) is 14.3 Å². The van der Waals surface area contributed by atoms with E-state index in [0.29, 0.717) is 12.5 Å². The van der Waals surface area contributed by atoms with Gasteiger partial charge >= 0.3 is 0 Å². The van der Waals surface area contributed by atoms with E-state index < -0.39 is 5.60 Å². The zero-order valence-electron chi connectivity index (χ0n) is 11.9. The molecule has 4 heteroatoms. The first kappa shape index (κ1) is 15.0. The largest absolute Gasteiger partial charge is 0.388 e. The smallest absolute Gasteiger partial charge is 0.224 e. The van der Waals surface area contributed by atoms with Gasteiger partial charge in [-0.2, -0.15) is 0 Å². The minimum atomic E-state index is -0.759. The molecular formula is C16H22FNO2. The zero-order valence-corrected chi connectivity index (χ0v) is 11.9. The van der Waals surface area contributed by atoms with Crippen molar-refractivity contribution in [1.82, 2.24) is 5.32 Å². The van der Waals surface area contributed by atoms with Gasteiger partial charge in [-0.3, -0.25) is 4.79 Å². The summed E-state index contributed by atoms with van der Waals surface area (Å²) in [4.78, 5) is 11.8. The zero-order chi connectivity index (χ0) is 14.6. The molecule has 2 N–H and O–H groups in total. The maximum Gasteiger partial charge on any atom is 0.224 e. The summed E-state index contributed by atoms with van der Waals surface area (Å²) >= 11 is 0. The van der Waals surface area contributed by atoms with E-state index in [1.807, 2.05) is 0 Å². The first-order chi connectivity index (χ1) is 9.47. The van der Waals surface area contributed by atoms with Gasteiger partial charge in [0.2, 0.25) is 5.91 Å². The fourth-order valence-corrected chi connectivity index (χ4v) is 2.59. The van der Waals surface area contributed by atoms with Crippen LogP contribution >= 0.6 is 0 Å². The lowest BCUT2D eigenvalue weighted by atomic mass is 9.79. The van der Waals surface area contributed by atoms with Crippen molar-refractivity contribution < 1.29 is 14.3 Å². The number of nitrogens with one attached hydrogen (secondary N) is 1. The number of amides is 1. The number of aliphatic hydroxyl groups is 1. The summed E-state index contributed by atoms with van der Waals surface area (Å²) < 4.78 is 12.8. The predicted octanol–water partition coefficient (Wildman–Crippen LogP) is 2.43. The van der Waals surface area contributed by atoms with Gasteiger partial charge in [-0.05, 0) is 49.3 Å². The summed E-state index contributed by atoms with van der Waals surface area (Å²) in [5.41, 5.74) is 0.0125. The second-order valence-corrected chi connectivity index (χ2v) is 5.99. The van der Waals surface area contributed by atoms with Crippen molar-refractivity contribution in [3.63, 3.8) is 0 Å². The van der Waals surface area contributed by atoms with Crippen molar-refractivity contribution in [1.29, 1.82) is 0 Å². The van der Waals surface area contributed by atoms with E-state index in [0.717, 1.165) is 31.2 Å². The molecule has 0 unspecified atom stereocenters. The molecule has 0 heterocycles. The Hall–Kier alpha value is -1.42. The van der Waals surface area contributed by atoms with Gasteiger partial charge in [0.25, 0.3) is 0 Å². The van der Waals surface area contributed by atoms with Crippen molar-refractivity contribution in [3.8, 4) is 0 Å². The Kier molecular flexibility index (Phi) is 4.76. The quantitative estimate of drug-likeness (QED) is 0.889. The molecule has 0 saturated heterocycles. The Labute approximate surface area is 119 Å². The Morgan fingerprint density at radius 2 is 1.95 bits per heavy atom. The van der Waals surface area contributed by atoms with Crippen LogP contribution in [0.1, 0.15) is 38.2 Å². The molecule has 0 aromatic heterocycles. The summed E-state index contributed by atoms with van der Waals surface area (Å²) in [5, 5.41) is 13.2. The monoisotopic (exact) mass is 279 g/mol. The van der Waals surface area contributed by atoms with E-state index in [2.05, 4.69) is 12.2 Å². The fraction of sp³-hybridized carbons (Fsp3) is 0.562. The molecule has 110 valence electrons. The topological polar surface area (TPSA) is 49.3 Å². The van der Waals surface area contributed by atoms with Crippen molar-refractivity contribution in [2.24, 2.45) is 5.92 Å². The molecule has 1 amide bonds. The Balaban J connectivity index is 1.79. The number of benzene rings is 1. The van der Waals surface area contributed by atoms with Crippen molar-refractivity contribution in [3.05, 3.63) is 35.6 Å². The first-order valence-corrected chi connectivity index (χ1v) is 7.20. The van der Waals surface area contributed by atoms with Gasteiger partial charge in [0.15, 0.2) is 0 Å². The van der Waals surface area contributed by atoms with Gasteiger partial charge in [-0.1, -0.05) is 19.1 Å². The van der Waals surface area contributed by atoms with Crippen LogP contribution in [-0.2, 0) is 11.2 Å². The molecule has 0 radical (unpaired) electrons. The summed E-state index contributed by atoms with van der Waals surface area (Å²) in [5.74, 6) is 0.216. The Morgan fingerprint density at radius 3 is 2.55 bits per heavy atom. The molecule has 1 aromatic carbocycles. The molecule has 1 aromatic rings. The molecule has 0 spiro atoms. The summed E-state index contributed by atoms with van der Waals surface area (Å²) in [7, 11) is 0. The minimum Gasteiger partial charge on any atom is -0.388 e. The highest BCUT2D eigenvalue weighted by molar-refractivity contribution is 5.78. The maximum absolute atomic E-state index is 12.8. The molecule has 1 aliphatic carbocycles. The van der Waals surface area contributed by atoms with Crippen LogP contribution in [0.25, 0.3) is 0 Å². The fourth-order valence-electron chi connectivity index (χ4n) is 2.59. The highest BCUT2D eigenvalue weighted by Crippen LogP contribution is 2.31. The van der Waals surface area contributed by atoms with Gasteiger partial charge in [-0.15, -0.1) is 0 Å². The molecule has 0 aliphatic heterocycles. The van der Waals surface area contributed by atoms with E-state index >= 15 is 0 Å². The third-order valence-corrected chi connectivity index (χ3v) is 4.10. The molecular weight excluding hydrogens is 257 g/mol. The lowest BCUT2D eigenvalue weighted by Crippen LogP contribution is -2.45. The molecule has 0 atom stereocenters. The molecule has 3 nitrogen and oxygen atoms in total. The maximum atomic E-state index is 12.8. The average Bonchev–Trinajstić information content (AvgIpc) is 2.43.